The number of fused-ring (bicyclic) bond motifs is 2. The maximum Gasteiger partial charge on any atom is 0.270 e. The van der Waals surface area contributed by atoms with E-state index in [2.05, 4.69) is 9.98 Å². The van der Waals surface area contributed by atoms with Crippen LogP contribution < -0.4 is 4.74 Å². The fourth-order valence-electron chi connectivity index (χ4n) is 2.91. The third kappa shape index (κ3) is 2.15. The fraction of sp³-hybridized carbons (Fsp3) is 0.0588. The predicted molar refractivity (Wildman–Crippen MR) is 90.1 cm³/mol. The number of H-pyrrole nitrogens is 1. The number of Topliss-reactive ketones (excluding diaryl/α,β-unsaturated/α-hetero) is 1. The number of methoxy groups -OCH3 is 1. The number of nitrogens with one attached hydrogen (secondary N) is 1. The highest BCUT2D eigenvalue weighted by Crippen LogP contribution is 2.37. The topological polar surface area (TPSA) is 118 Å². The van der Waals surface area contributed by atoms with Crippen LogP contribution in [0, 0.1) is 10.1 Å². The molecule has 0 amide bonds. The third-order valence-corrected chi connectivity index (χ3v) is 4.11. The SMILES string of the molecule is COc1ccc2c(c1)C(=O)C(c1c(O)[nH]c3ccc([N+](=O)[O-])cc13)=N2. The molecule has 3 aromatic rings. The maximum absolute atomic E-state index is 12.7. The molecule has 8 heteroatoms. The molecule has 4 rings (SSSR count). The summed E-state index contributed by atoms with van der Waals surface area (Å²) in [5.74, 6) is -0.124. The number of aromatic amines is 1. The first-order valence-corrected chi connectivity index (χ1v) is 7.30. The number of nitrogens with zero attached hydrogens (tertiary/aromatic N) is 2. The van der Waals surface area contributed by atoms with Crippen LogP contribution in [-0.4, -0.2) is 33.6 Å². The van der Waals surface area contributed by atoms with Crippen LogP contribution in [0.25, 0.3) is 10.9 Å². The van der Waals surface area contributed by atoms with Gasteiger partial charge in [-0.3, -0.25) is 14.9 Å². The smallest absolute Gasteiger partial charge is 0.270 e. The van der Waals surface area contributed by atoms with Crippen LogP contribution in [0.2, 0.25) is 0 Å². The van der Waals surface area contributed by atoms with Crippen molar-refractivity contribution in [2.45, 2.75) is 0 Å². The number of ketones is 1. The van der Waals surface area contributed by atoms with Crippen molar-refractivity contribution in [3.63, 3.8) is 0 Å². The predicted octanol–water partition coefficient (Wildman–Crippen LogP) is 3.11. The van der Waals surface area contributed by atoms with Crippen molar-refractivity contribution in [1.82, 2.24) is 4.98 Å². The van der Waals surface area contributed by atoms with Gasteiger partial charge in [-0.15, -0.1) is 0 Å². The van der Waals surface area contributed by atoms with Gasteiger partial charge >= 0.3 is 0 Å². The summed E-state index contributed by atoms with van der Waals surface area (Å²) in [6, 6.07) is 9.00. The Morgan fingerprint density at radius 3 is 2.76 bits per heavy atom. The van der Waals surface area contributed by atoms with E-state index >= 15 is 0 Å². The summed E-state index contributed by atoms with van der Waals surface area (Å²) in [6.45, 7) is 0. The minimum atomic E-state index is -0.537. The van der Waals surface area contributed by atoms with E-state index < -0.39 is 4.92 Å². The zero-order valence-electron chi connectivity index (χ0n) is 12.9. The molecule has 0 saturated carbocycles. The van der Waals surface area contributed by atoms with Gasteiger partial charge in [0.25, 0.3) is 5.69 Å². The normalized spacial score (nSPS) is 13.0. The Morgan fingerprint density at radius 1 is 1.24 bits per heavy atom. The summed E-state index contributed by atoms with van der Waals surface area (Å²) in [6.07, 6.45) is 0. The van der Waals surface area contributed by atoms with Crippen molar-refractivity contribution < 1.29 is 19.6 Å². The van der Waals surface area contributed by atoms with Crippen molar-refractivity contribution in [3.8, 4) is 11.6 Å². The number of aromatic nitrogens is 1. The lowest BCUT2D eigenvalue weighted by atomic mass is 10.0. The molecule has 2 heterocycles. The Morgan fingerprint density at radius 2 is 2.04 bits per heavy atom. The highest BCUT2D eigenvalue weighted by Gasteiger charge is 2.31. The maximum atomic E-state index is 12.7. The molecule has 0 bridgehead atoms. The van der Waals surface area contributed by atoms with Gasteiger partial charge in [0.15, 0.2) is 5.88 Å². The quantitative estimate of drug-likeness (QED) is 0.562. The average Bonchev–Trinajstić information content (AvgIpc) is 3.09. The second-order valence-corrected chi connectivity index (χ2v) is 5.51. The van der Waals surface area contributed by atoms with Crippen LogP contribution in [0.1, 0.15) is 15.9 Å². The Bertz CT molecular complexity index is 1100. The van der Waals surface area contributed by atoms with E-state index in [4.69, 9.17) is 4.74 Å². The fourth-order valence-corrected chi connectivity index (χ4v) is 2.91. The molecule has 2 aromatic carbocycles. The van der Waals surface area contributed by atoms with Gasteiger partial charge in [-0.2, -0.15) is 0 Å². The summed E-state index contributed by atoms with van der Waals surface area (Å²) in [5, 5.41) is 21.6. The standard InChI is InChI=1S/C17H11N3O5/c1-25-9-3-5-13-11(7-9)16(21)15(18-13)14-10-6-8(20(23)24)2-4-12(10)19-17(14)22/h2-7,19,22H,1H3. The van der Waals surface area contributed by atoms with Crippen molar-refractivity contribution in [3.05, 3.63) is 57.6 Å². The molecule has 0 radical (unpaired) electrons. The number of rotatable bonds is 3. The summed E-state index contributed by atoms with van der Waals surface area (Å²) < 4.78 is 5.12. The van der Waals surface area contributed by atoms with Gasteiger partial charge in [0, 0.05) is 23.0 Å². The number of nitro groups is 1. The molecule has 0 aliphatic carbocycles. The van der Waals surface area contributed by atoms with Crippen LogP contribution in [0.5, 0.6) is 11.6 Å². The number of non-ortho nitro benzene ring substituents is 1. The van der Waals surface area contributed by atoms with Crippen molar-refractivity contribution in [2.75, 3.05) is 7.11 Å². The number of carbonyl (C=O) groups is 1. The van der Waals surface area contributed by atoms with E-state index in [1.807, 2.05) is 0 Å². The molecule has 1 aliphatic heterocycles. The second-order valence-electron chi connectivity index (χ2n) is 5.51. The van der Waals surface area contributed by atoms with Gasteiger partial charge in [-0.05, 0) is 24.3 Å². The molecule has 25 heavy (non-hydrogen) atoms. The van der Waals surface area contributed by atoms with E-state index in [0.717, 1.165) is 0 Å². The average molecular weight is 337 g/mol. The molecule has 0 unspecified atom stereocenters. The third-order valence-electron chi connectivity index (χ3n) is 4.11. The van der Waals surface area contributed by atoms with E-state index in [1.54, 1.807) is 18.2 Å². The largest absolute Gasteiger partial charge is 0.497 e. The number of benzene rings is 2. The summed E-state index contributed by atoms with van der Waals surface area (Å²) in [5.41, 5.74) is 1.33. The number of carbonyl (C=O) groups excluding carboxylic acids is 1. The zero-order chi connectivity index (χ0) is 17.7. The monoisotopic (exact) mass is 337 g/mol. The molecule has 1 aliphatic rings. The molecule has 2 N–H and O–H groups in total. The zero-order valence-corrected chi connectivity index (χ0v) is 12.9. The molecular weight excluding hydrogens is 326 g/mol. The molecule has 0 fully saturated rings. The van der Waals surface area contributed by atoms with Crippen LogP contribution >= 0.6 is 0 Å². The van der Waals surface area contributed by atoms with E-state index in [0.29, 0.717) is 27.9 Å². The van der Waals surface area contributed by atoms with Crippen molar-refractivity contribution >= 4 is 33.8 Å². The molecule has 0 spiro atoms. The Kier molecular flexibility index (Phi) is 3.08. The number of hydrogen-bond acceptors (Lipinski definition) is 6. The molecular formula is C17H11N3O5. The molecule has 124 valence electrons. The van der Waals surface area contributed by atoms with Gasteiger partial charge < -0.3 is 14.8 Å². The molecule has 8 nitrogen and oxygen atoms in total. The lowest BCUT2D eigenvalue weighted by molar-refractivity contribution is -0.384. The summed E-state index contributed by atoms with van der Waals surface area (Å²) in [7, 11) is 1.49. The number of aromatic hydroxyl groups is 1. The second kappa shape index (κ2) is 5.17. The van der Waals surface area contributed by atoms with E-state index in [1.165, 1.54) is 25.3 Å². The first-order valence-electron chi connectivity index (χ1n) is 7.30. The minimum absolute atomic E-state index is 0.0347. The first-order chi connectivity index (χ1) is 12.0. The number of ether oxygens (including phenoxy) is 1. The highest BCUT2D eigenvalue weighted by atomic mass is 16.6. The molecule has 0 atom stereocenters. The molecule has 1 aromatic heterocycles. The summed E-state index contributed by atoms with van der Waals surface area (Å²) in [4.78, 5) is 30.2. The first kappa shape index (κ1) is 14.9. The Hall–Kier alpha value is -3.68. The van der Waals surface area contributed by atoms with Crippen LogP contribution in [0.15, 0.2) is 41.4 Å². The van der Waals surface area contributed by atoms with Crippen LogP contribution in [0.3, 0.4) is 0 Å². The summed E-state index contributed by atoms with van der Waals surface area (Å²) >= 11 is 0. The van der Waals surface area contributed by atoms with Gasteiger partial charge in [0.1, 0.15) is 11.5 Å². The van der Waals surface area contributed by atoms with Gasteiger partial charge in [-0.1, -0.05) is 0 Å². The van der Waals surface area contributed by atoms with Crippen molar-refractivity contribution in [1.29, 1.82) is 0 Å². The highest BCUT2D eigenvalue weighted by molar-refractivity contribution is 6.56. The van der Waals surface area contributed by atoms with Crippen LogP contribution in [0.4, 0.5) is 11.4 Å². The van der Waals surface area contributed by atoms with Crippen molar-refractivity contribution in [2.24, 2.45) is 4.99 Å². The van der Waals surface area contributed by atoms with Crippen LogP contribution in [-0.2, 0) is 0 Å². The van der Waals surface area contributed by atoms with Gasteiger partial charge in [0.05, 0.1) is 28.8 Å². The Labute approximate surface area is 140 Å². The number of aliphatic imine (C=N–C) groups is 1. The number of nitro benzene ring substituents is 1. The lowest BCUT2D eigenvalue weighted by Crippen LogP contribution is -2.11. The van der Waals surface area contributed by atoms with Gasteiger partial charge in [0.2, 0.25) is 5.78 Å². The minimum Gasteiger partial charge on any atom is -0.497 e. The van der Waals surface area contributed by atoms with E-state index in [9.17, 15) is 20.0 Å². The molecule has 0 saturated heterocycles. The lowest BCUT2D eigenvalue weighted by Gasteiger charge is -2.01. The van der Waals surface area contributed by atoms with Gasteiger partial charge in [-0.25, -0.2) is 4.99 Å². The van der Waals surface area contributed by atoms with E-state index in [-0.39, 0.29) is 28.6 Å². The Balaban J connectivity index is 1.91. The number of hydrogen-bond donors (Lipinski definition) is 2.